The first-order valence-electron chi connectivity index (χ1n) is 6.86. The molecule has 122 valence electrons. The molecule has 0 saturated carbocycles. The highest BCUT2D eigenvalue weighted by atomic mass is 79.9. The number of rotatable bonds is 6. The lowest BCUT2D eigenvalue weighted by molar-refractivity contribution is -0.129. The van der Waals surface area contributed by atoms with Crippen LogP contribution in [0.2, 0.25) is 0 Å². The van der Waals surface area contributed by atoms with E-state index in [0.717, 1.165) is 4.88 Å². The van der Waals surface area contributed by atoms with Crippen molar-refractivity contribution in [3.8, 4) is 5.75 Å². The van der Waals surface area contributed by atoms with Crippen LogP contribution >= 0.6 is 27.3 Å². The Hall–Kier alpha value is -1.86. The van der Waals surface area contributed by atoms with Crippen LogP contribution in [0.5, 0.6) is 5.75 Å². The van der Waals surface area contributed by atoms with Crippen LogP contribution in [-0.4, -0.2) is 25.1 Å². The molecule has 0 bridgehead atoms. The van der Waals surface area contributed by atoms with Gasteiger partial charge in [-0.1, -0.05) is 6.07 Å². The number of esters is 1. The van der Waals surface area contributed by atoms with E-state index in [1.807, 2.05) is 17.5 Å². The van der Waals surface area contributed by atoms with Gasteiger partial charge in [-0.15, -0.1) is 11.3 Å². The number of hydrogen-bond acceptors (Lipinski definition) is 5. The first-order valence-corrected chi connectivity index (χ1v) is 8.53. The molecule has 1 heterocycles. The number of carbonyl (C=O) groups excluding carboxylic acids is 2. The minimum atomic E-state index is -0.888. The van der Waals surface area contributed by atoms with Crippen molar-refractivity contribution < 1.29 is 19.1 Å². The van der Waals surface area contributed by atoms with E-state index in [1.165, 1.54) is 14.0 Å². The molecule has 1 aromatic carbocycles. The zero-order valence-electron chi connectivity index (χ0n) is 12.7. The Kier molecular flexibility index (Phi) is 6.18. The van der Waals surface area contributed by atoms with Crippen molar-refractivity contribution in [3.63, 3.8) is 0 Å². The van der Waals surface area contributed by atoms with Crippen LogP contribution in [-0.2, 0) is 16.1 Å². The summed E-state index contributed by atoms with van der Waals surface area (Å²) in [6, 6.07) is 8.81. The van der Waals surface area contributed by atoms with Crippen LogP contribution in [0.1, 0.15) is 22.2 Å². The molecule has 1 atom stereocenters. The van der Waals surface area contributed by atoms with Gasteiger partial charge in [0.2, 0.25) is 0 Å². The van der Waals surface area contributed by atoms with Crippen molar-refractivity contribution in [3.05, 3.63) is 50.6 Å². The van der Waals surface area contributed by atoms with Gasteiger partial charge in [0, 0.05) is 9.35 Å². The van der Waals surface area contributed by atoms with E-state index in [1.54, 1.807) is 29.5 Å². The summed E-state index contributed by atoms with van der Waals surface area (Å²) in [6.45, 7) is 1.96. The van der Waals surface area contributed by atoms with Gasteiger partial charge in [0.25, 0.3) is 5.91 Å². The average molecular weight is 398 g/mol. The number of nitrogens with one attached hydrogen (secondary N) is 1. The molecule has 1 aromatic heterocycles. The van der Waals surface area contributed by atoms with Gasteiger partial charge in [-0.25, -0.2) is 4.79 Å². The third kappa shape index (κ3) is 4.80. The van der Waals surface area contributed by atoms with E-state index in [4.69, 9.17) is 9.47 Å². The van der Waals surface area contributed by atoms with Gasteiger partial charge >= 0.3 is 5.97 Å². The summed E-state index contributed by atoms with van der Waals surface area (Å²) in [6.07, 6.45) is -0.888. The summed E-state index contributed by atoms with van der Waals surface area (Å²) < 4.78 is 10.9. The Labute approximate surface area is 146 Å². The van der Waals surface area contributed by atoms with Crippen LogP contribution in [0.15, 0.2) is 40.2 Å². The molecule has 0 aliphatic carbocycles. The number of thiophene rings is 1. The molecule has 1 N–H and O–H groups in total. The Bertz CT molecular complexity index is 687. The highest BCUT2D eigenvalue weighted by Gasteiger charge is 2.20. The Balaban J connectivity index is 1.94. The lowest BCUT2D eigenvalue weighted by atomic mass is 10.2. The number of benzene rings is 1. The zero-order chi connectivity index (χ0) is 16.8. The molecular weight excluding hydrogens is 382 g/mol. The van der Waals surface area contributed by atoms with E-state index in [-0.39, 0.29) is 5.91 Å². The van der Waals surface area contributed by atoms with Gasteiger partial charge in [-0.05, 0) is 52.5 Å². The lowest BCUT2D eigenvalue weighted by Gasteiger charge is -2.14. The van der Waals surface area contributed by atoms with Gasteiger partial charge in [0.05, 0.1) is 19.2 Å². The van der Waals surface area contributed by atoms with Crippen molar-refractivity contribution in [2.45, 2.75) is 19.6 Å². The van der Waals surface area contributed by atoms with Crippen LogP contribution in [0.4, 0.5) is 0 Å². The molecule has 0 aliphatic rings. The Morgan fingerprint density at radius 3 is 2.78 bits per heavy atom. The monoisotopic (exact) mass is 397 g/mol. The number of ether oxygens (including phenoxy) is 2. The minimum Gasteiger partial charge on any atom is -0.497 e. The molecule has 1 amide bonds. The second kappa shape index (κ2) is 8.12. The van der Waals surface area contributed by atoms with Crippen molar-refractivity contribution in [1.29, 1.82) is 0 Å². The molecule has 0 aliphatic heterocycles. The molecule has 0 unspecified atom stereocenters. The maximum absolute atomic E-state index is 12.2. The Morgan fingerprint density at radius 1 is 1.35 bits per heavy atom. The van der Waals surface area contributed by atoms with Gasteiger partial charge in [0.1, 0.15) is 5.75 Å². The average Bonchev–Trinajstić information content (AvgIpc) is 3.06. The summed E-state index contributed by atoms with van der Waals surface area (Å²) in [5.41, 5.74) is 0.308. The minimum absolute atomic E-state index is 0.308. The van der Waals surface area contributed by atoms with E-state index < -0.39 is 12.1 Å². The van der Waals surface area contributed by atoms with E-state index >= 15 is 0 Å². The SMILES string of the molecule is COc1ccc(Br)c(C(=O)O[C@H](C)C(=O)NCc2cccs2)c1. The summed E-state index contributed by atoms with van der Waals surface area (Å²) in [4.78, 5) is 25.2. The third-order valence-corrected chi connectivity index (χ3v) is 4.63. The van der Waals surface area contributed by atoms with E-state index in [2.05, 4.69) is 21.2 Å². The van der Waals surface area contributed by atoms with Crippen molar-refractivity contribution in [2.24, 2.45) is 0 Å². The second-order valence-electron chi connectivity index (χ2n) is 4.69. The fourth-order valence-corrected chi connectivity index (χ4v) is 2.85. The van der Waals surface area contributed by atoms with Crippen molar-refractivity contribution in [2.75, 3.05) is 7.11 Å². The van der Waals surface area contributed by atoms with Gasteiger partial charge in [-0.3, -0.25) is 4.79 Å². The summed E-state index contributed by atoms with van der Waals surface area (Å²) in [7, 11) is 1.51. The summed E-state index contributed by atoms with van der Waals surface area (Å²) in [5, 5.41) is 4.67. The number of methoxy groups -OCH3 is 1. The number of carbonyl (C=O) groups is 2. The van der Waals surface area contributed by atoms with Gasteiger partial charge in [-0.2, -0.15) is 0 Å². The molecule has 23 heavy (non-hydrogen) atoms. The van der Waals surface area contributed by atoms with Crippen LogP contribution in [0.3, 0.4) is 0 Å². The molecule has 0 fully saturated rings. The largest absolute Gasteiger partial charge is 0.497 e. The molecule has 0 radical (unpaired) electrons. The predicted octanol–water partition coefficient (Wildman–Crippen LogP) is 3.38. The number of halogens is 1. The van der Waals surface area contributed by atoms with Crippen LogP contribution in [0.25, 0.3) is 0 Å². The topological polar surface area (TPSA) is 64.6 Å². The lowest BCUT2D eigenvalue weighted by Crippen LogP contribution is -2.35. The van der Waals surface area contributed by atoms with Crippen molar-refractivity contribution in [1.82, 2.24) is 5.32 Å². The first-order chi connectivity index (χ1) is 11.0. The molecule has 7 heteroatoms. The smallest absolute Gasteiger partial charge is 0.340 e. The van der Waals surface area contributed by atoms with Gasteiger partial charge < -0.3 is 14.8 Å². The quantitative estimate of drug-likeness (QED) is 0.758. The molecular formula is C16H16BrNO4S. The highest BCUT2D eigenvalue weighted by molar-refractivity contribution is 9.10. The highest BCUT2D eigenvalue weighted by Crippen LogP contribution is 2.23. The molecule has 2 aromatic rings. The standard InChI is InChI=1S/C16H16BrNO4S/c1-10(15(19)18-9-12-4-3-7-23-12)22-16(20)13-8-11(21-2)5-6-14(13)17/h3-8,10H,9H2,1-2H3,(H,18,19)/t10-/m1/s1. The molecule has 2 rings (SSSR count). The molecule has 5 nitrogen and oxygen atoms in total. The second-order valence-corrected chi connectivity index (χ2v) is 6.58. The zero-order valence-corrected chi connectivity index (χ0v) is 15.1. The third-order valence-electron chi connectivity index (χ3n) is 3.06. The summed E-state index contributed by atoms with van der Waals surface area (Å²) in [5.74, 6) is -0.393. The molecule has 0 spiro atoms. The maximum atomic E-state index is 12.2. The van der Waals surface area contributed by atoms with Crippen LogP contribution in [0, 0.1) is 0 Å². The fourth-order valence-electron chi connectivity index (χ4n) is 1.80. The van der Waals surface area contributed by atoms with Gasteiger partial charge in [0.15, 0.2) is 6.10 Å². The van der Waals surface area contributed by atoms with Crippen molar-refractivity contribution >= 4 is 39.1 Å². The first kappa shape index (κ1) is 17.5. The molecule has 0 saturated heterocycles. The Morgan fingerprint density at radius 2 is 2.13 bits per heavy atom. The maximum Gasteiger partial charge on any atom is 0.340 e. The van der Waals surface area contributed by atoms with Crippen LogP contribution < -0.4 is 10.1 Å². The predicted molar refractivity (Wildman–Crippen MR) is 91.7 cm³/mol. The summed E-state index contributed by atoms with van der Waals surface area (Å²) >= 11 is 4.84. The van der Waals surface area contributed by atoms with E-state index in [0.29, 0.717) is 22.3 Å². The number of amides is 1. The number of hydrogen-bond donors (Lipinski definition) is 1. The fraction of sp³-hybridized carbons (Fsp3) is 0.250. The normalized spacial score (nSPS) is 11.6. The van der Waals surface area contributed by atoms with E-state index in [9.17, 15) is 9.59 Å².